The molecular formula is C19H23FN2O4. The van der Waals surface area contributed by atoms with Crippen LogP contribution >= 0.6 is 0 Å². The molecule has 2 fully saturated rings. The van der Waals surface area contributed by atoms with Crippen molar-refractivity contribution in [1.29, 1.82) is 0 Å². The first-order valence-corrected chi connectivity index (χ1v) is 8.89. The average molecular weight is 362 g/mol. The highest BCUT2D eigenvalue weighted by Gasteiger charge is 2.67. The number of amides is 2. The summed E-state index contributed by atoms with van der Waals surface area (Å²) in [6.07, 6.45) is 1.01. The van der Waals surface area contributed by atoms with Crippen molar-refractivity contribution in [3.8, 4) is 0 Å². The van der Waals surface area contributed by atoms with Gasteiger partial charge in [0.2, 0.25) is 11.8 Å². The topological polar surface area (TPSA) is 75.7 Å². The maximum atomic E-state index is 13.3. The Labute approximate surface area is 151 Å². The predicted octanol–water partition coefficient (Wildman–Crippen LogP) is 1.80. The first kappa shape index (κ1) is 18.5. The third-order valence-corrected chi connectivity index (χ3v) is 5.39. The number of nitrogens with zero attached hydrogens (tertiary/aromatic N) is 1. The van der Waals surface area contributed by atoms with Crippen LogP contribution in [0.2, 0.25) is 0 Å². The van der Waals surface area contributed by atoms with E-state index in [2.05, 4.69) is 5.32 Å². The number of esters is 1. The molecular weight excluding hydrogens is 339 g/mol. The molecule has 0 spiro atoms. The molecule has 2 amide bonds. The fourth-order valence-electron chi connectivity index (χ4n) is 4.28. The molecule has 0 saturated carbocycles. The summed E-state index contributed by atoms with van der Waals surface area (Å²) < 4.78 is 18.6. The number of likely N-dealkylation sites (tertiary alicyclic amines) is 1. The Balaban J connectivity index is 2.11. The van der Waals surface area contributed by atoms with Crippen molar-refractivity contribution < 1.29 is 23.5 Å². The minimum Gasteiger partial charge on any atom is -0.465 e. The van der Waals surface area contributed by atoms with Gasteiger partial charge in [0.25, 0.3) is 0 Å². The van der Waals surface area contributed by atoms with E-state index >= 15 is 0 Å². The van der Waals surface area contributed by atoms with Gasteiger partial charge >= 0.3 is 5.97 Å². The van der Waals surface area contributed by atoms with Gasteiger partial charge in [0, 0.05) is 13.1 Å². The number of nitrogens with one attached hydrogen (secondary N) is 1. The molecule has 140 valence electrons. The van der Waals surface area contributed by atoms with Crippen LogP contribution < -0.4 is 5.32 Å². The Bertz CT molecular complexity index is 736. The monoisotopic (exact) mass is 362 g/mol. The molecule has 0 unspecified atom stereocenters. The second-order valence-corrected chi connectivity index (χ2v) is 6.85. The second kappa shape index (κ2) is 6.79. The van der Waals surface area contributed by atoms with Crippen molar-refractivity contribution in [3.05, 3.63) is 35.6 Å². The van der Waals surface area contributed by atoms with Crippen LogP contribution in [0.4, 0.5) is 4.39 Å². The van der Waals surface area contributed by atoms with Crippen molar-refractivity contribution >= 4 is 17.8 Å². The van der Waals surface area contributed by atoms with E-state index in [1.807, 2.05) is 6.92 Å². The standard InChI is InChI=1S/C19H23FN2O4/c1-4-10-19(18(25)26-5-2)14-13(16(23)22(3)17(14)24)15(21-19)11-6-8-12(20)9-7-11/h6-9,13-15,21H,4-5,10H2,1-3H3/t13-,14-,15+,19-/m0/s1. The smallest absolute Gasteiger partial charge is 0.327 e. The Morgan fingerprint density at radius 2 is 1.88 bits per heavy atom. The number of hydrogen-bond acceptors (Lipinski definition) is 5. The SMILES string of the molecule is CCC[C@]1(C(=O)OCC)N[C@H](c2ccc(F)cc2)[C@H]2C(=O)N(C)C(=O)[C@H]21. The normalized spacial score (nSPS) is 30.6. The van der Waals surface area contributed by atoms with Gasteiger partial charge in [-0.15, -0.1) is 0 Å². The number of halogens is 1. The summed E-state index contributed by atoms with van der Waals surface area (Å²) in [5.41, 5.74) is -0.591. The lowest BCUT2D eigenvalue weighted by Crippen LogP contribution is -2.56. The molecule has 6 nitrogen and oxygen atoms in total. The van der Waals surface area contributed by atoms with Crippen LogP contribution in [-0.4, -0.2) is 41.9 Å². The van der Waals surface area contributed by atoms with Crippen LogP contribution in [0.25, 0.3) is 0 Å². The number of carbonyl (C=O) groups excluding carboxylic acids is 3. The van der Waals surface area contributed by atoms with E-state index in [0.717, 1.165) is 4.90 Å². The molecule has 7 heteroatoms. The zero-order valence-corrected chi connectivity index (χ0v) is 15.1. The zero-order chi connectivity index (χ0) is 19.1. The van der Waals surface area contributed by atoms with E-state index in [0.29, 0.717) is 18.4 Å². The molecule has 0 aliphatic carbocycles. The van der Waals surface area contributed by atoms with Gasteiger partial charge in [-0.05, 0) is 31.0 Å². The maximum Gasteiger partial charge on any atom is 0.327 e. The lowest BCUT2D eigenvalue weighted by atomic mass is 9.77. The number of ether oxygens (including phenoxy) is 1. The van der Waals surface area contributed by atoms with Crippen LogP contribution in [0.5, 0.6) is 0 Å². The highest BCUT2D eigenvalue weighted by molar-refractivity contribution is 6.09. The number of carbonyl (C=O) groups is 3. The molecule has 0 aromatic heterocycles. The van der Waals surface area contributed by atoms with Gasteiger partial charge in [0.15, 0.2) is 0 Å². The Hall–Kier alpha value is -2.28. The van der Waals surface area contributed by atoms with Gasteiger partial charge in [-0.2, -0.15) is 0 Å². The average Bonchev–Trinajstić information content (AvgIpc) is 3.07. The van der Waals surface area contributed by atoms with E-state index < -0.39 is 29.4 Å². The molecule has 1 aromatic rings. The quantitative estimate of drug-likeness (QED) is 0.639. The lowest BCUT2D eigenvalue weighted by molar-refractivity contribution is -0.156. The van der Waals surface area contributed by atoms with Crippen molar-refractivity contribution in [2.75, 3.05) is 13.7 Å². The third kappa shape index (κ3) is 2.61. The molecule has 3 rings (SSSR count). The Morgan fingerprint density at radius 1 is 1.23 bits per heavy atom. The number of rotatable bonds is 5. The second-order valence-electron chi connectivity index (χ2n) is 6.85. The van der Waals surface area contributed by atoms with E-state index in [1.165, 1.54) is 19.2 Å². The maximum absolute atomic E-state index is 13.3. The van der Waals surface area contributed by atoms with Crippen LogP contribution in [0.1, 0.15) is 38.3 Å². The summed E-state index contributed by atoms with van der Waals surface area (Å²) in [7, 11) is 1.44. The summed E-state index contributed by atoms with van der Waals surface area (Å²) in [5, 5.41) is 3.24. The van der Waals surface area contributed by atoms with E-state index in [4.69, 9.17) is 4.74 Å². The molecule has 2 aliphatic heterocycles. The highest BCUT2D eigenvalue weighted by atomic mass is 19.1. The fraction of sp³-hybridized carbons (Fsp3) is 0.526. The predicted molar refractivity (Wildman–Crippen MR) is 91.3 cm³/mol. The van der Waals surface area contributed by atoms with Crippen LogP contribution in [0, 0.1) is 17.7 Å². The van der Waals surface area contributed by atoms with Crippen molar-refractivity contribution in [1.82, 2.24) is 10.2 Å². The van der Waals surface area contributed by atoms with Crippen LogP contribution in [0.15, 0.2) is 24.3 Å². The fourth-order valence-corrected chi connectivity index (χ4v) is 4.28. The molecule has 4 atom stereocenters. The Kier molecular flexibility index (Phi) is 4.84. The first-order chi connectivity index (χ1) is 12.4. The molecule has 2 saturated heterocycles. The summed E-state index contributed by atoms with van der Waals surface area (Å²) in [5.74, 6) is -3.15. The van der Waals surface area contributed by atoms with Crippen LogP contribution in [-0.2, 0) is 19.1 Å². The molecule has 26 heavy (non-hydrogen) atoms. The summed E-state index contributed by atoms with van der Waals surface area (Å²) in [6.45, 7) is 3.80. The molecule has 1 N–H and O–H groups in total. The van der Waals surface area contributed by atoms with Crippen molar-refractivity contribution in [3.63, 3.8) is 0 Å². The Morgan fingerprint density at radius 3 is 2.46 bits per heavy atom. The van der Waals surface area contributed by atoms with Crippen LogP contribution in [0.3, 0.4) is 0 Å². The third-order valence-electron chi connectivity index (χ3n) is 5.39. The molecule has 0 bridgehead atoms. The van der Waals surface area contributed by atoms with Gasteiger partial charge in [-0.3, -0.25) is 24.6 Å². The van der Waals surface area contributed by atoms with Gasteiger partial charge in [-0.1, -0.05) is 25.5 Å². The van der Waals surface area contributed by atoms with Gasteiger partial charge in [-0.25, -0.2) is 4.39 Å². The molecule has 2 aliphatic rings. The van der Waals surface area contributed by atoms with Gasteiger partial charge in [0.1, 0.15) is 11.4 Å². The minimum absolute atomic E-state index is 0.183. The van der Waals surface area contributed by atoms with Crippen molar-refractivity contribution in [2.45, 2.75) is 38.3 Å². The van der Waals surface area contributed by atoms with Crippen molar-refractivity contribution in [2.24, 2.45) is 11.8 Å². The largest absolute Gasteiger partial charge is 0.465 e. The highest BCUT2D eigenvalue weighted by Crippen LogP contribution is 2.50. The summed E-state index contributed by atoms with van der Waals surface area (Å²) in [4.78, 5) is 39.5. The minimum atomic E-state index is -1.26. The first-order valence-electron chi connectivity index (χ1n) is 8.89. The number of fused-ring (bicyclic) bond motifs is 1. The number of hydrogen-bond donors (Lipinski definition) is 1. The van der Waals surface area contributed by atoms with E-state index in [1.54, 1.807) is 19.1 Å². The van der Waals surface area contributed by atoms with E-state index in [9.17, 15) is 18.8 Å². The van der Waals surface area contributed by atoms with E-state index in [-0.39, 0.29) is 24.2 Å². The van der Waals surface area contributed by atoms with Gasteiger partial charge in [0.05, 0.1) is 18.4 Å². The molecule has 0 radical (unpaired) electrons. The molecule has 2 heterocycles. The summed E-state index contributed by atoms with van der Waals surface area (Å²) >= 11 is 0. The lowest BCUT2D eigenvalue weighted by Gasteiger charge is -2.32. The summed E-state index contributed by atoms with van der Waals surface area (Å²) in [6, 6.07) is 5.21. The number of benzene rings is 1. The molecule has 1 aromatic carbocycles. The zero-order valence-electron chi connectivity index (χ0n) is 15.1. The van der Waals surface area contributed by atoms with Gasteiger partial charge < -0.3 is 4.74 Å². The number of imide groups is 1.